The van der Waals surface area contributed by atoms with Crippen molar-refractivity contribution in [1.82, 2.24) is 0 Å². The van der Waals surface area contributed by atoms with Gasteiger partial charge in [-0.2, -0.15) is 0 Å². The summed E-state index contributed by atoms with van der Waals surface area (Å²) in [6.45, 7) is 0. The Hall–Kier alpha value is -2.06. The number of benzene rings is 3. The van der Waals surface area contributed by atoms with E-state index in [-0.39, 0.29) is 0 Å². The molecule has 0 aliphatic heterocycles. The highest BCUT2D eigenvalue weighted by Crippen LogP contribution is 2.39. The molecule has 112 valence electrons. The van der Waals surface area contributed by atoms with Gasteiger partial charge in [0.15, 0.2) is 0 Å². The van der Waals surface area contributed by atoms with Crippen LogP contribution >= 0.6 is 0 Å². The van der Waals surface area contributed by atoms with Gasteiger partial charge < -0.3 is 9.47 Å². The number of hydrogen-bond donors (Lipinski definition) is 0. The summed E-state index contributed by atoms with van der Waals surface area (Å²) in [5.74, 6) is 0.987. The Kier molecular flexibility index (Phi) is 3.27. The topological polar surface area (TPSA) is 18.5 Å². The number of aryl methyl sites for hydroxylation is 1. The average molecular weight is 292 g/mol. The molecular weight excluding hydrogens is 272 g/mol. The molecule has 2 nitrogen and oxygen atoms in total. The summed E-state index contributed by atoms with van der Waals surface area (Å²) in [7, 11) is 3.58. The zero-order valence-corrected chi connectivity index (χ0v) is 13.1. The molecule has 2 heteroatoms. The molecular formula is C20H20O2. The molecule has 0 N–H and O–H groups in total. The van der Waals surface area contributed by atoms with E-state index in [0.29, 0.717) is 6.10 Å². The fraction of sp³-hybridized carbons (Fsp3) is 0.300. The van der Waals surface area contributed by atoms with Gasteiger partial charge in [0.05, 0.1) is 13.2 Å². The van der Waals surface area contributed by atoms with Crippen molar-refractivity contribution in [1.29, 1.82) is 0 Å². The van der Waals surface area contributed by atoms with Gasteiger partial charge in [-0.1, -0.05) is 36.4 Å². The SMILES string of the molecule is COc1cc2ccccc2c2ccc3c(c12)CCC(OC)C3. The Morgan fingerprint density at radius 3 is 2.68 bits per heavy atom. The molecule has 3 aromatic carbocycles. The lowest BCUT2D eigenvalue weighted by molar-refractivity contribution is 0.0913. The summed E-state index contributed by atoms with van der Waals surface area (Å²) in [5.41, 5.74) is 2.84. The van der Waals surface area contributed by atoms with E-state index in [1.807, 2.05) is 7.11 Å². The van der Waals surface area contributed by atoms with Gasteiger partial charge in [0.2, 0.25) is 0 Å². The summed E-state index contributed by atoms with van der Waals surface area (Å²) in [4.78, 5) is 0. The van der Waals surface area contributed by atoms with Crippen molar-refractivity contribution in [3.05, 3.63) is 53.6 Å². The van der Waals surface area contributed by atoms with Crippen LogP contribution in [-0.4, -0.2) is 20.3 Å². The van der Waals surface area contributed by atoms with Crippen LogP contribution < -0.4 is 4.74 Å². The Bertz CT molecular complexity index is 851. The largest absolute Gasteiger partial charge is 0.496 e. The van der Waals surface area contributed by atoms with E-state index >= 15 is 0 Å². The predicted molar refractivity (Wildman–Crippen MR) is 90.8 cm³/mol. The summed E-state index contributed by atoms with van der Waals surface area (Å²) in [5, 5.41) is 5.12. The quantitative estimate of drug-likeness (QED) is 0.647. The van der Waals surface area contributed by atoms with Crippen LogP contribution in [0.3, 0.4) is 0 Å². The van der Waals surface area contributed by atoms with E-state index in [1.54, 1.807) is 7.11 Å². The first-order valence-electron chi connectivity index (χ1n) is 7.85. The Balaban J connectivity index is 2.05. The molecule has 22 heavy (non-hydrogen) atoms. The monoisotopic (exact) mass is 292 g/mol. The maximum absolute atomic E-state index is 5.72. The standard InChI is InChI=1S/C20H20O2/c1-21-15-8-10-17-14(11-15)7-9-18-16-6-4-3-5-13(16)12-19(22-2)20(17)18/h3-7,9,12,15H,8,10-11H2,1-2H3. The fourth-order valence-corrected chi connectivity index (χ4v) is 3.77. The molecule has 1 atom stereocenters. The number of rotatable bonds is 2. The van der Waals surface area contributed by atoms with Crippen molar-refractivity contribution in [2.75, 3.05) is 14.2 Å². The zero-order valence-electron chi connectivity index (χ0n) is 13.1. The molecule has 0 spiro atoms. The molecule has 0 amide bonds. The first-order chi connectivity index (χ1) is 10.8. The normalized spacial score (nSPS) is 17.6. The molecule has 0 heterocycles. The van der Waals surface area contributed by atoms with E-state index in [1.165, 1.54) is 32.7 Å². The molecule has 0 aromatic heterocycles. The number of hydrogen-bond acceptors (Lipinski definition) is 2. The molecule has 1 unspecified atom stereocenters. The number of fused-ring (bicyclic) bond motifs is 5. The van der Waals surface area contributed by atoms with Crippen LogP contribution in [0.1, 0.15) is 17.5 Å². The second kappa shape index (κ2) is 5.29. The summed E-state index contributed by atoms with van der Waals surface area (Å²) < 4.78 is 11.3. The smallest absolute Gasteiger partial charge is 0.127 e. The maximum Gasteiger partial charge on any atom is 0.127 e. The third kappa shape index (κ3) is 1.98. The molecule has 3 aromatic rings. The van der Waals surface area contributed by atoms with Gasteiger partial charge in [-0.3, -0.25) is 0 Å². The van der Waals surface area contributed by atoms with Crippen LogP contribution in [0.25, 0.3) is 21.5 Å². The average Bonchev–Trinajstić information content (AvgIpc) is 2.59. The minimum Gasteiger partial charge on any atom is -0.496 e. The third-order valence-electron chi connectivity index (χ3n) is 4.91. The van der Waals surface area contributed by atoms with Gasteiger partial charge in [0.1, 0.15) is 5.75 Å². The van der Waals surface area contributed by atoms with Crippen LogP contribution in [0.2, 0.25) is 0 Å². The van der Waals surface area contributed by atoms with E-state index in [9.17, 15) is 0 Å². The third-order valence-corrected chi connectivity index (χ3v) is 4.91. The minimum atomic E-state index is 0.344. The summed E-state index contributed by atoms with van der Waals surface area (Å²) in [6, 6.07) is 15.2. The van der Waals surface area contributed by atoms with Crippen LogP contribution in [0.5, 0.6) is 5.75 Å². The fourth-order valence-electron chi connectivity index (χ4n) is 3.77. The highest BCUT2D eigenvalue weighted by Gasteiger charge is 2.22. The van der Waals surface area contributed by atoms with Gasteiger partial charge in [-0.05, 0) is 52.6 Å². The molecule has 1 aliphatic rings. The van der Waals surface area contributed by atoms with E-state index in [2.05, 4.69) is 42.5 Å². The van der Waals surface area contributed by atoms with Crippen molar-refractivity contribution in [2.24, 2.45) is 0 Å². The minimum absolute atomic E-state index is 0.344. The molecule has 0 saturated carbocycles. The Morgan fingerprint density at radius 2 is 1.86 bits per heavy atom. The lowest BCUT2D eigenvalue weighted by Crippen LogP contribution is -2.21. The lowest BCUT2D eigenvalue weighted by atomic mass is 9.85. The van der Waals surface area contributed by atoms with Crippen molar-refractivity contribution in [3.8, 4) is 5.75 Å². The number of methoxy groups -OCH3 is 2. The molecule has 1 aliphatic carbocycles. The van der Waals surface area contributed by atoms with Gasteiger partial charge in [-0.25, -0.2) is 0 Å². The summed E-state index contributed by atoms with van der Waals surface area (Å²) in [6.07, 6.45) is 3.48. The van der Waals surface area contributed by atoms with E-state index in [4.69, 9.17) is 9.47 Å². The predicted octanol–water partition coefficient (Wildman–Crippen LogP) is 4.51. The van der Waals surface area contributed by atoms with E-state index < -0.39 is 0 Å². The van der Waals surface area contributed by atoms with Crippen LogP contribution in [-0.2, 0) is 17.6 Å². The molecule has 0 saturated heterocycles. The maximum atomic E-state index is 5.72. The molecule has 0 bridgehead atoms. The molecule has 0 fully saturated rings. The van der Waals surface area contributed by atoms with Gasteiger partial charge in [-0.15, -0.1) is 0 Å². The first-order valence-corrected chi connectivity index (χ1v) is 7.85. The van der Waals surface area contributed by atoms with Crippen molar-refractivity contribution < 1.29 is 9.47 Å². The summed E-state index contributed by atoms with van der Waals surface area (Å²) >= 11 is 0. The lowest BCUT2D eigenvalue weighted by Gasteiger charge is -2.25. The van der Waals surface area contributed by atoms with E-state index in [0.717, 1.165) is 25.0 Å². The Morgan fingerprint density at radius 1 is 1.00 bits per heavy atom. The van der Waals surface area contributed by atoms with Gasteiger partial charge in [0.25, 0.3) is 0 Å². The zero-order chi connectivity index (χ0) is 15.1. The molecule has 4 rings (SSSR count). The first kappa shape index (κ1) is 13.6. The van der Waals surface area contributed by atoms with Crippen LogP contribution in [0.15, 0.2) is 42.5 Å². The second-order valence-corrected chi connectivity index (χ2v) is 6.03. The van der Waals surface area contributed by atoms with Crippen LogP contribution in [0, 0.1) is 0 Å². The highest BCUT2D eigenvalue weighted by atomic mass is 16.5. The number of ether oxygens (including phenoxy) is 2. The Labute approximate surface area is 130 Å². The molecule has 0 radical (unpaired) electrons. The van der Waals surface area contributed by atoms with Crippen LogP contribution in [0.4, 0.5) is 0 Å². The van der Waals surface area contributed by atoms with Crippen molar-refractivity contribution >= 4 is 21.5 Å². The van der Waals surface area contributed by atoms with Gasteiger partial charge in [0, 0.05) is 12.5 Å². The van der Waals surface area contributed by atoms with Crippen molar-refractivity contribution in [3.63, 3.8) is 0 Å². The van der Waals surface area contributed by atoms with Gasteiger partial charge >= 0.3 is 0 Å². The van der Waals surface area contributed by atoms with Crippen molar-refractivity contribution in [2.45, 2.75) is 25.4 Å². The highest BCUT2D eigenvalue weighted by molar-refractivity contribution is 6.11. The second-order valence-electron chi connectivity index (χ2n) is 6.03.